The molecule has 3 aromatic rings. The van der Waals surface area contributed by atoms with E-state index in [1.165, 1.54) is 5.56 Å². The van der Waals surface area contributed by atoms with E-state index in [1.54, 1.807) is 0 Å². The third kappa shape index (κ3) is 6.74. The van der Waals surface area contributed by atoms with Crippen molar-refractivity contribution in [2.45, 2.75) is 25.3 Å². The van der Waals surface area contributed by atoms with Gasteiger partial charge >= 0.3 is 0 Å². The van der Waals surface area contributed by atoms with Gasteiger partial charge in [-0.3, -0.25) is 9.59 Å². The van der Waals surface area contributed by atoms with E-state index >= 15 is 0 Å². The molecule has 0 spiro atoms. The predicted molar refractivity (Wildman–Crippen MR) is 115 cm³/mol. The smallest absolute Gasteiger partial charge is 0.254 e. The van der Waals surface area contributed by atoms with Crippen molar-refractivity contribution in [3.63, 3.8) is 0 Å². The van der Waals surface area contributed by atoms with Crippen LogP contribution in [-0.4, -0.2) is 18.4 Å². The molecule has 3 rings (SSSR count). The summed E-state index contributed by atoms with van der Waals surface area (Å²) in [6, 6.07) is 22.3. The maximum atomic E-state index is 13.7. The summed E-state index contributed by atoms with van der Waals surface area (Å²) in [7, 11) is 0. The highest BCUT2D eigenvalue weighted by Gasteiger charge is 2.16. The standard InChI is InChI=1S/C25H24F2N2O2/c26-20-12-13-21(22(27)17-20)25(31)28-16-15-24(30)29-23(19-9-5-2-6-10-19)14-11-18-7-3-1-4-8-18/h1-10,12-13,17,23H,11,14-16H2,(H,28,31)(H,29,30). The van der Waals surface area contributed by atoms with E-state index in [0.29, 0.717) is 6.07 Å². The molecule has 1 atom stereocenters. The number of benzene rings is 3. The van der Waals surface area contributed by atoms with Crippen LogP contribution < -0.4 is 10.6 Å². The van der Waals surface area contributed by atoms with Crippen molar-refractivity contribution >= 4 is 11.8 Å². The molecule has 0 saturated heterocycles. The molecule has 6 heteroatoms. The lowest BCUT2D eigenvalue weighted by Gasteiger charge is -2.19. The first-order valence-electron chi connectivity index (χ1n) is 10.1. The van der Waals surface area contributed by atoms with Crippen LogP contribution in [0.5, 0.6) is 0 Å². The van der Waals surface area contributed by atoms with Gasteiger partial charge in [0.25, 0.3) is 5.91 Å². The summed E-state index contributed by atoms with van der Waals surface area (Å²) in [5, 5.41) is 5.52. The number of halogens is 2. The first-order valence-corrected chi connectivity index (χ1v) is 10.1. The lowest BCUT2D eigenvalue weighted by atomic mass is 9.99. The molecule has 0 fully saturated rings. The van der Waals surface area contributed by atoms with Crippen LogP contribution in [0, 0.1) is 11.6 Å². The van der Waals surface area contributed by atoms with Crippen molar-refractivity contribution in [2.75, 3.05) is 6.54 Å². The van der Waals surface area contributed by atoms with Crippen LogP contribution in [0.3, 0.4) is 0 Å². The number of rotatable bonds is 9. The maximum Gasteiger partial charge on any atom is 0.254 e. The summed E-state index contributed by atoms with van der Waals surface area (Å²) in [4.78, 5) is 24.5. The number of carbonyl (C=O) groups is 2. The van der Waals surface area contributed by atoms with E-state index in [9.17, 15) is 18.4 Å². The zero-order chi connectivity index (χ0) is 22.1. The molecule has 0 aliphatic rings. The number of amides is 2. The molecule has 0 aliphatic carbocycles. The number of carbonyl (C=O) groups excluding carboxylic acids is 2. The normalized spacial score (nSPS) is 11.5. The summed E-state index contributed by atoms with van der Waals surface area (Å²) in [6.45, 7) is 0.0433. The van der Waals surface area contributed by atoms with Crippen LogP contribution in [0.4, 0.5) is 8.78 Å². The number of nitrogens with one attached hydrogen (secondary N) is 2. The van der Waals surface area contributed by atoms with E-state index in [-0.39, 0.29) is 30.5 Å². The highest BCUT2D eigenvalue weighted by molar-refractivity contribution is 5.94. The molecule has 3 aromatic carbocycles. The van der Waals surface area contributed by atoms with Gasteiger partial charge in [-0.2, -0.15) is 0 Å². The number of hydrogen-bond donors (Lipinski definition) is 2. The first kappa shape index (κ1) is 22.2. The molecule has 0 radical (unpaired) electrons. The second-order valence-electron chi connectivity index (χ2n) is 7.19. The van der Waals surface area contributed by atoms with Crippen molar-refractivity contribution in [2.24, 2.45) is 0 Å². The Balaban J connectivity index is 1.54. The second-order valence-corrected chi connectivity index (χ2v) is 7.19. The van der Waals surface area contributed by atoms with Crippen molar-refractivity contribution < 1.29 is 18.4 Å². The van der Waals surface area contributed by atoms with Crippen molar-refractivity contribution in [1.29, 1.82) is 0 Å². The van der Waals surface area contributed by atoms with Gasteiger partial charge < -0.3 is 10.6 Å². The summed E-state index contributed by atoms with van der Waals surface area (Å²) in [5.41, 5.74) is 1.93. The number of hydrogen-bond acceptors (Lipinski definition) is 2. The van der Waals surface area contributed by atoms with Crippen LogP contribution in [0.1, 0.15) is 40.4 Å². The molecule has 1 unspecified atom stereocenters. The fourth-order valence-corrected chi connectivity index (χ4v) is 3.29. The maximum absolute atomic E-state index is 13.7. The molecule has 2 N–H and O–H groups in total. The largest absolute Gasteiger partial charge is 0.351 e. The summed E-state index contributed by atoms with van der Waals surface area (Å²) < 4.78 is 26.7. The molecular weight excluding hydrogens is 398 g/mol. The Kier molecular flexibility index (Phi) is 7.87. The minimum absolute atomic E-state index is 0.0433. The average Bonchev–Trinajstić information content (AvgIpc) is 2.78. The Hall–Kier alpha value is -3.54. The summed E-state index contributed by atoms with van der Waals surface area (Å²) >= 11 is 0. The number of aryl methyl sites for hydroxylation is 1. The van der Waals surface area contributed by atoms with Gasteiger partial charge in [-0.05, 0) is 36.1 Å². The Labute approximate surface area is 180 Å². The summed E-state index contributed by atoms with van der Waals surface area (Å²) in [6.07, 6.45) is 1.58. The third-order valence-corrected chi connectivity index (χ3v) is 4.92. The SMILES string of the molecule is O=C(CCNC(=O)c1ccc(F)cc1F)NC(CCc1ccccc1)c1ccccc1. The van der Waals surface area contributed by atoms with E-state index < -0.39 is 17.5 Å². The first-order chi connectivity index (χ1) is 15.0. The second kappa shape index (κ2) is 11.0. The minimum Gasteiger partial charge on any atom is -0.351 e. The highest BCUT2D eigenvalue weighted by atomic mass is 19.1. The molecule has 4 nitrogen and oxygen atoms in total. The monoisotopic (exact) mass is 422 g/mol. The van der Waals surface area contributed by atoms with Crippen LogP contribution in [0.15, 0.2) is 78.9 Å². The van der Waals surface area contributed by atoms with Crippen LogP contribution in [0.2, 0.25) is 0 Å². The molecule has 160 valence electrons. The Bertz CT molecular complexity index is 1010. The lowest BCUT2D eigenvalue weighted by Crippen LogP contribution is -2.33. The van der Waals surface area contributed by atoms with Crippen LogP contribution in [0.25, 0.3) is 0 Å². The molecule has 2 amide bonds. The van der Waals surface area contributed by atoms with E-state index in [0.717, 1.165) is 30.5 Å². The van der Waals surface area contributed by atoms with Gasteiger partial charge in [0.15, 0.2) is 0 Å². The van der Waals surface area contributed by atoms with Gasteiger partial charge in [-0.15, -0.1) is 0 Å². The van der Waals surface area contributed by atoms with Crippen molar-refractivity contribution in [1.82, 2.24) is 10.6 Å². The van der Waals surface area contributed by atoms with Gasteiger partial charge in [-0.25, -0.2) is 8.78 Å². The van der Waals surface area contributed by atoms with Crippen molar-refractivity contribution in [3.05, 3.63) is 107 Å². The zero-order valence-corrected chi connectivity index (χ0v) is 17.0. The van der Waals surface area contributed by atoms with E-state index in [2.05, 4.69) is 10.6 Å². The fourth-order valence-electron chi connectivity index (χ4n) is 3.29. The minimum atomic E-state index is -0.938. The third-order valence-electron chi connectivity index (χ3n) is 4.92. The van der Waals surface area contributed by atoms with Crippen LogP contribution >= 0.6 is 0 Å². The Morgan fingerprint density at radius 1 is 0.871 bits per heavy atom. The van der Waals surface area contributed by atoms with Gasteiger partial charge in [-0.1, -0.05) is 60.7 Å². The molecule has 0 bridgehead atoms. The van der Waals surface area contributed by atoms with Crippen LogP contribution in [-0.2, 0) is 11.2 Å². The molecule has 0 aliphatic heterocycles. The Morgan fingerprint density at radius 2 is 1.55 bits per heavy atom. The average molecular weight is 422 g/mol. The molecular formula is C25H24F2N2O2. The van der Waals surface area contributed by atoms with Gasteiger partial charge in [0, 0.05) is 19.0 Å². The summed E-state index contributed by atoms with van der Waals surface area (Å²) in [5.74, 6) is -2.60. The molecule has 0 heterocycles. The van der Waals surface area contributed by atoms with Crippen molar-refractivity contribution in [3.8, 4) is 0 Å². The molecule has 31 heavy (non-hydrogen) atoms. The predicted octanol–water partition coefficient (Wildman–Crippen LogP) is 4.58. The van der Waals surface area contributed by atoms with E-state index in [4.69, 9.17) is 0 Å². The zero-order valence-electron chi connectivity index (χ0n) is 17.0. The quantitative estimate of drug-likeness (QED) is 0.531. The topological polar surface area (TPSA) is 58.2 Å². The Morgan fingerprint density at radius 3 is 2.23 bits per heavy atom. The molecule has 0 saturated carbocycles. The highest BCUT2D eigenvalue weighted by Crippen LogP contribution is 2.19. The lowest BCUT2D eigenvalue weighted by molar-refractivity contribution is -0.121. The van der Waals surface area contributed by atoms with Gasteiger partial charge in [0.1, 0.15) is 11.6 Å². The fraction of sp³-hybridized carbons (Fsp3) is 0.200. The van der Waals surface area contributed by atoms with Gasteiger partial charge in [0.05, 0.1) is 11.6 Å². The molecule has 0 aromatic heterocycles. The van der Waals surface area contributed by atoms with E-state index in [1.807, 2.05) is 60.7 Å². The van der Waals surface area contributed by atoms with Gasteiger partial charge in [0.2, 0.25) is 5.91 Å².